The van der Waals surface area contributed by atoms with Crippen molar-refractivity contribution in [2.75, 3.05) is 0 Å². The van der Waals surface area contributed by atoms with Crippen molar-refractivity contribution in [3.63, 3.8) is 0 Å². The van der Waals surface area contributed by atoms with Gasteiger partial charge in [-0.15, -0.1) is 0 Å². The molecule has 0 radical (unpaired) electrons. The molecule has 0 aliphatic rings. The molecule has 0 spiro atoms. The molecule has 74 valence electrons. The molecule has 2 aromatic heterocycles. The van der Waals surface area contributed by atoms with Gasteiger partial charge in [0.2, 0.25) is 11.6 Å². The summed E-state index contributed by atoms with van der Waals surface area (Å²) in [6, 6.07) is 0. The highest BCUT2D eigenvalue weighted by Gasteiger charge is 2.35. The van der Waals surface area contributed by atoms with Gasteiger partial charge >= 0.3 is 6.18 Å². The molecule has 14 heavy (non-hydrogen) atoms. The first-order valence-electron chi connectivity index (χ1n) is 3.43. The molecular weight excluding hydrogens is 201 g/mol. The number of halogens is 3. The van der Waals surface area contributed by atoms with Gasteiger partial charge in [-0.1, -0.05) is 0 Å². The van der Waals surface area contributed by atoms with E-state index in [1.165, 1.54) is 6.20 Å². The summed E-state index contributed by atoms with van der Waals surface area (Å²) in [6.07, 6.45) is -3.31. The van der Waals surface area contributed by atoms with Crippen LogP contribution < -0.4 is 0 Å². The fraction of sp³-hybridized carbons (Fsp3) is 0.200. The van der Waals surface area contributed by atoms with Crippen LogP contribution in [0.1, 0.15) is 5.82 Å². The second-order valence-electron chi connectivity index (χ2n) is 2.36. The zero-order valence-corrected chi connectivity index (χ0v) is 6.50. The van der Waals surface area contributed by atoms with Gasteiger partial charge < -0.3 is 0 Å². The Balaban J connectivity index is 2.36. The van der Waals surface area contributed by atoms with Crippen LogP contribution in [0.3, 0.4) is 0 Å². The van der Waals surface area contributed by atoms with Crippen LogP contribution in [0.25, 0.3) is 11.5 Å². The minimum atomic E-state index is -4.53. The number of hydrogen-bond donors (Lipinski definition) is 2. The van der Waals surface area contributed by atoms with Gasteiger partial charge in [-0.25, -0.2) is 4.98 Å². The molecule has 0 unspecified atom stereocenters. The van der Waals surface area contributed by atoms with Crippen molar-refractivity contribution < 1.29 is 13.2 Å². The van der Waals surface area contributed by atoms with Gasteiger partial charge in [0.1, 0.15) is 0 Å². The molecule has 0 amide bonds. The van der Waals surface area contributed by atoms with Gasteiger partial charge in [0.25, 0.3) is 0 Å². The molecule has 0 aromatic carbocycles. The first-order chi connectivity index (χ1) is 6.57. The average molecular weight is 204 g/mol. The van der Waals surface area contributed by atoms with E-state index in [4.69, 9.17) is 0 Å². The second kappa shape index (κ2) is 2.79. The number of aromatic nitrogens is 6. The lowest BCUT2D eigenvalue weighted by Gasteiger charge is -1.97. The van der Waals surface area contributed by atoms with Gasteiger partial charge in [-0.05, 0) is 0 Å². The monoisotopic (exact) mass is 204 g/mol. The first kappa shape index (κ1) is 8.66. The first-order valence-corrected chi connectivity index (χ1v) is 3.43. The van der Waals surface area contributed by atoms with Crippen molar-refractivity contribution >= 4 is 0 Å². The number of nitrogens with one attached hydrogen (secondary N) is 2. The van der Waals surface area contributed by atoms with E-state index in [0.717, 1.165) is 0 Å². The van der Waals surface area contributed by atoms with E-state index in [1.54, 1.807) is 5.10 Å². The predicted molar refractivity (Wildman–Crippen MR) is 36.8 cm³/mol. The molecule has 2 rings (SSSR count). The summed E-state index contributed by atoms with van der Waals surface area (Å²) >= 11 is 0. The third-order valence-electron chi connectivity index (χ3n) is 1.40. The smallest absolute Gasteiger partial charge is 0.255 e. The largest absolute Gasteiger partial charge is 0.451 e. The molecule has 2 N–H and O–H groups in total. The normalized spacial score (nSPS) is 11.9. The summed E-state index contributed by atoms with van der Waals surface area (Å²) in [4.78, 5) is 3.21. The van der Waals surface area contributed by atoms with Gasteiger partial charge in [0.15, 0.2) is 5.69 Å². The summed E-state index contributed by atoms with van der Waals surface area (Å²) in [5.41, 5.74) is 0.150. The van der Waals surface area contributed by atoms with E-state index < -0.39 is 12.0 Å². The van der Waals surface area contributed by atoms with Crippen molar-refractivity contribution in [2.24, 2.45) is 0 Å². The summed E-state index contributed by atoms with van der Waals surface area (Å²) in [7, 11) is 0. The Kier molecular flexibility index (Phi) is 1.72. The molecule has 2 heterocycles. The maximum Gasteiger partial charge on any atom is 0.451 e. The minimum absolute atomic E-state index is 0.147. The Bertz CT molecular complexity index is 415. The van der Waals surface area contributed by atoms with Gasteiger partial charge in [-0.3, -0.25) is 5.10 Å². The SMILES string of the molecule is FC(F)(F)c1nc(-c2cn[nH]n2)n[nH]1. The third kappa shape index (κ3) is 1.43. The molecule has 0 aliphatic heterocycles. The van der Waals surface area contributed by atoms with E-state index in [1.807, 2.05) is 0 Å². The quantitative estimate of drug-likeness (QED) is 0.712. The lowest BCUT2D eigenvalue weighted by Crippen LogP contribution is -2.07. The van der Waals surface area contributed by atoms with Crippen molar-refractivity contribution in [2.45, 2.75) is 6.18 Å². The van der Waals surface area contributed by atoms with Gasteiger partial charge in [-0.2, -0.15) is 33.7 Å². The van der Waals surface area contributed by atoms with Crippen LogP contribution in [0.15, 0.2) is 6.20 Å². The van der Waals surface area contributed by atoms with Crippen molar-refractivity contribution in [3.05, 3.63) is 12.0 Å². The Morgan fingerprint density at radius 3 is 2.50 bits per heavy atom. The molecule has 6 nitrogen and oxygen atoms in total. The van der Waals surface area contributed by atoms with Gasteiger partial charge in [0, 0.05) is 0 Å². The van der Waals surface area contributed by atoms with E-state index in [2.05, 4.69) is 25.5 Å². The Hall–Kier alpha value is -1.93. The molecular formula is C5H3F3N6. The Morgan fingerprint density at radius 1 is 1.21 bits per heavy atom. The van der Waals surface area contributed by atoms with E-state index in [9.17, 15) is 13.2 Å². The highest BCUT2D eigenvalue weighted by molar-refractivity contribution is 5.45. The Labute approximate surface area is 74.6 Å². The number of nitrogens with zero attached hydrogens (tertiary/aromatic N) is 4. The molecule has 0 atom stereocenters. The van der Waals surface area contributed by atoms with Crippen molar-refractivity contribution in [1.82, 2.24) is 30.6 Å². The molecule has 0 saturated heterocycles. The van der Waals surface area contributed by atoms with Gasteiger partial charge in [0.05, 0.1) is 6.20 Å². The number of H-pyrrole nitrogens is 2. The standard InChI is InChI=1S/C5H3F3N6/c6-5(7,8)4-10-3(12-13-4)2-1-9-14-11-2/h1H,(H,9,11,14)(H,10,12,13). The van der Waals surface area contributed by atoms with Crippen LogP contribution in [-0.2, 0) is 6.18 Å². The molecule has 0 bridgehead atoms. The lowest BCUT2D eigenvalue weighted by atomic mass is 10.4. The molecule has 0 saturated carbocycles. The maximum atomic E-state index is 12.1. The highest BCUT2D eigenvalue weighted by atomic mass is 19.4. The van der Waals surface area contributed by atoms with E-state index in [-0.39, 0.29) is 11.5 Å². The van der Waals surface area contributed by atoms with Crippen LogP contribution in [0.5, 0.6) is 0 Å². The second-order valence-corrected chi connectivity index (χ2v) is 2.36. The summed E-state index contributed by atoms with van der Waals surface area (Å²) in [6.45, 7) is 0. The van der Waals surface area contributed by atoms with Crippen molar-refractivity contribution in [3.8, 4) is 11.5 Å². The number of hydrogen-bond acceptors (Lipinski definition) is 4. The number of rotatable bonds is 1. The summed E-state index contributed by atoms with van der Waals surface area (Å²) < 4.78 is 36.2. The number of alkyl halides is 3. The number of aromatic amines is 2. The Morgan fingerprint density at radius 2 is 2.00 bits per heavy atom. The zero-order chi connectivity index (χ0) is 10.2. The van der Waals surface area contributed by atoms with E-state index in [0.29, 0.717) is 0 Å². The fourth-order valence-corrected chi connectivity index (χ4v) is 0.812. The third-order valence-corrected chi connectivity index (χ3v) is 1.40. The molecule has 0 aliphatic carbocycles. The highest BCUT2D eigenvalue weighted by Crippen LogP contribution is 2.26. The van der Waals surface area contributed by atoms with Crippen molar-refractivity contribution in [1.29, 1.82) is 0 Å². The summed E-state index contributed by atoms with van der Waals surface area (Å²) in [5, 5.41) is 14.3. The van der Waals surface area contributed by atoms with E-state index >= 15 is 0 Å². The van der Waals surface area contributed by atoms with Crippen LogP contribution >= 0.6 is 0 Å². The molecule has 2 aromatic rings. The fourth-order valence-electron chi connectivity index (χ4n) is 0.812. The zero-order valence-electron chi connectivity index (χ0n) is 6.50. The van der Waals surface area contributed by atoms with Crippen LogP contribution in [0, 0.1) is 0 Å². The maximum absolute atomic E-state index is 12.1. The lowest BCUT2D eigenvalue weighted by molar-refractivity contribution is -0.144. The van der Waals surface area contributed by atoms with Crippen LogP contribution in [0.4, 0.5) is 13.2 Å². The molecule has 9 heteroatoms. The molecule has 0 fully saturated rings. The predicted octanol–water partition coefficient (Wildman–Crippen LogP) is 0.609. The summed E-state index contributed by atoms with van der Waals surface area (Å²) in [5.74, 6) is -1.30. The van der Waals surface area contributed by atoms with Crippen LogP contribution in [0.2, 0.25) is 0 Å². The van der Waals surface area contributed by atoms with Crippen LogP contribution in [-0.4, -0.2) is 30.6 Å². The average Bonchev–Trinajstić information content (AvgIpc) is 2.73. The minimum Gasteiger partial charge on any atom is -0.255 e. The topological polar surface area (TPSA) is 83.1 Å².